The number of carbonyl (C=O) groups excluding carboxylic acids is 1. The normalized spacial score (nSPS) is 12.2. The fourth-order valence-electron chi connectivity index (χ4n) is 2.11. The van der Waals surface area contributed by atoms with E-state index in [4.69, 9.17) is 14.6 Å². The van der Waals surface area contributed by atoms with Gasteiger partial charge < -0.3 is 19.9 Å². The molecule has 0 spiro atoms. The van der Waals surface area contributed by atoms with Crippen LogP contribution in [0, 0.1) is 0 Å². The van der Waals surface area contributed by atoms with Crippen molar-refractivity contribution in [1.29, 1.82) is 0 Å². The van der Waals surface area contributed by atoms with E-state index < -0.39 is 5.97 Å². The molecule has 0 aromatic heterocycles. The van der Waals surface area contributed by atoms with Gasteiger partial charge in [-0.15, -0.1) is 0 Å². The van der Waals surface area contributed by atoms with Gasteiger partial charge in [-0.3, -0.25) is 9.59 Å². The van der Waals surface area contributed by atoms with Gasteiger partial charge in [-0.05, 0) is 37.0 Å². The van der Waals surface area contributed by atoms with E-state index in [1.807, 2.05) is 18.2 Å². The van der Waals surface area contributed by atoms with E-state index in [9.17, 15) is 9.59 Å². The average molecular weight is 293 g/mol. The van der Waals surface area contributed by atoms with Crippen molar-refractivity contribution >= 4 is 11.9 Å². The van der Waals surface area contributed by atoms with Crippen molar-refractivity contribution in [3.8, 4) is 11.5 Å². The lowest BCUT2D eigenvalue weighted by Crippen LogP contribution is -2.24. The SMILES string of the molecule is O=C(O)CCCNC(=O)CCCc1ccc2c(c1)OCO2. The molecule has 0 radical (unpaired) electrons. The van der Waals surface area contributed by atoms with Gasteiger partial charge >= 0.3 is 5.97 Å². The summed E-state index contributed by atoms with van der Waals surface area (Å²) in [5.41, 5.74) is 1.11. The number of benzene rings is 1. The molecule has 0 fully saturated rings. The number of ether oxygens (including phenoxy) is 2. The third-order valence-electron chi connectivity index (χ3n) is 3.20. The van der Waals surface area contributed by atoms with Crippen LogP contribution in [0.3, 0.4) is 0 Å². The molecular weight excluding hydrogens is 274 g/mol. The molecule has 0 unspecified atom stereocenters. The van der Waals surface area contributed by atoms with E-state index in [1.54, 1.807) is 0 Å². The number of aliphatic carboxylic acids is 1. The number of carboxylic acids is 1. The lowest BCUT2D eigenvalue weighted by molar-refractivity contribution is -0.137. The molecule has 1 aliphatic rings. The third-order valence-corrected chi connectivity index (χ3v) is 3.20. The standard InChI is InChI=1S/C15H19NO5/c17-14(16-8-2-5-15(18)19)4-1-3-11-6-7-12-13(9-11)21-10-20-12/h6-7,9H,1-5,8,10H2,(H,16,17)(H,18,19). The lowest BCUT2D eigenvalue weighted by atomic mass is 10.1. The zero-order valence-electron chi connectivity index (χ0n) is 11.8. The van der Waals surface area contributed by atoms with Crippen LogP contribution in [-0.2, 0) is 16.0 Å². The predicted molar refractivity (Wildman–Crippen MR) is 75.4 cm³/mol. The molecule has 21 heavy (non-hydrogen) atoms. The van der Waals surface area contributed by atoms with Gasteiger partial charge in [0.2, 0.25) is 12.7 Å². The average Bonchev–Trinajstić information content (AvgIpc) is 2.91. The van der Waals surface area contributed by atoms with Crippen LogP contribution in [-0.4, -0.2) is 30.3 Å². The lowest BCUT2D eigenvalue weighted by Gasteiger charge is -2.05. The topological polar surface area (TPSA) is 84.9 Å². The van der Waals surface area contributed by atoms with E-state index in [-0.39, 0.29) is 19.1 Å². The van der Waals surface area contributed by atoms with Crippen molar-refractivity contribution in [1.82, 2.24) is 5.32 Å². The van der Waals surface area contributed by atoms with Gasteiger partial charge in [0.25, 0.3) is 0 Å². The van der Waals surface area contributed by atoms with Crippen molar-refractivity contribution in [2.75, 3.05) is 13.3 Å². The minimum absolute atomic E-state index is 0.0406. The highest BCUT2D eigenvalue weighted by atomic mass is 16.7. The molecule has 1 amide bonds. The summed E-state index contributed by atoms with van der Waals surface area (Å²) in [6.45, 7) is 0.673. The predicted octanol–water partition coefficient (Wildman–Crippen LogP) is 1.72. The molecule has 2 N–H and O–H groups in total. The van der Waals surface area contributed by atoms with E-state index in [0.29, 0.717) is 19.4 Å². The minimum atomic E-state index is -0.841. The molecule has 0 atom stereocenters. The summed E-state index contributed by atoms with van der Waals surface area (Å²) >= 11 is 0. The Bertz CT molecular complexity index is 515. The van der Waals surface area contributed by atoms with Crippen molar-refractivity contribution in [3.05, 3.63) is 23.8 Å². The Labute approximate surface area is 123 Å². The van der Waals surface area contributed by atoms with E-state index >= 15 is 0 Å². The molecule has 0 aliphatic carbocycles. The van der Waals surface area contributed by atoms with Gasteiger partial charge in [0.15, 0.2) is 11.5 Å². The Morgan fingerprint density at radius 1 is 1.14 bits per heavy atom. The number of carbonyl (C=O) groups is 2. The van der Waals surface area contributed by atoms with Gasteiger partial charge in [-0.25, -0.2) is 0 Å². The Balaban J connectivity index is 1.62. The molecule has 0 saturated heterocycles. The molecular formula is C15H19NO5. The van der Waals surface area contributed by atoms with E-state index in [2.05, 4.69) is 5.32 Å². The number of fused-ring (bicyclic) bond motifs is 1. The molecule has 1 aromatic carbocycles. The van der Waals surface area contributed by atoms with Crippen LogP contribution in [0.1, 0.15) is 31.2 Å². The zero-order valence-corrected chi connectivity index (χ0v) is 11.8. The van der Waals surface area contributed by atoms with Gasteiger partial charge in [-0.1, -0.05) is 6.07 Å². The van der Waals surface area contributed by atoms with Crippen LogP contribution in [0.15, 0.2) is 18.2 Å². The fourth-order valence-corrected chi connectivity index (χ4v) is 2.11. The van der Waals surface area contributed by atoms with Crippen molar-refractivity contribution in [2.24, 2.45) is 0 Å². The number of rotatable bonds is 8. The summed E-state index contributed by atoms with van der Waals surface area (Å²) in [6, 6.07) is 5.79. The number of amides is 1. The van der Waals surface area contributed by atoms with Gasteiger partial charge in [-0.2, -0.15) is 0 Å². The van der Waals surface area contributed by atoms with Crippen molar-refractivity contribution in [2.45, 2.75) is 32.1 Å². The molecule has 1 aromatic rings. The van der Waals surface area contributed by atoms with Crippen LogP contribution >= 0.6 is 0 Å². The Morgan fingerprint density at radius 2 is 1.95 bits per heavy atom. The highest BCUT2D eigenvalue weighted by Gasteiger charge is 2.13. The monoisotopic (exact) mass is 293 g/mol. The van der Waals surface area contributed by atoms with Gasteiger partial charge in [0, 0.05) is 19.4 Å². The highest BCUT2D eigenvalue weighted by molar-refractivity contribution is 5.75. The number of hydrogen-bond acceptors (Lipinski definition) is 4. The smallest absolute Gasteiger partial charge is 0.303 e. The highest BCUT2D eigenvalue weighted by Crippen LogP contribution is 2.32. The first kappa shape index (κ1) is 15.2. The number of aryl methyl sites for hydroxylation is 1. The van der Waals surface area contributed by atoms with Gasteiger partial charge in [0.05, 0.1) is 0 Å². The maximum Gasteiger partial charge on any atom is 0.303 e. The maximum atomic E-state index is 11.6. The summed E-state index contributed by atoms with van der Waals surface area (Å²) < 4.78 is 10.5. The summed E-state index contributed by atoms with van der Waals surface area (Å²) in [4.78, 5) is 21.9. The van der Waals surface area contributed by atoms with E-state index in [1.165, 1.54) is 0 Å². The Kier molecular flexibility index (Phi) is 5.43. The summed E-state index contributed by atoms with van der Waals surface area (Å²) in [7, 11) is 0. The van der Waals surface area contributed by atoms with Crippen LogP contribution in [0.25, 0.3) is 0 Å². The molecule has 0 bridgehead atoms. The first-order chi connectivity index (χ1) is 10.1. The number of hydrogen-bond donors (Lipinski definition) is 2. The van der Waals surface area contributed by atoms with Gasteiger partial charge in [0.1, 0.15) is 0 Å². The van der Waals surface area contributed by atoms with Crippen LogP contribution in [0.2, 0.25) is 0 Å². The second kappa shape index (κ2) is 7.52. The van der Waals surface area contributed by atoms with Crippen molar-refractivity contribution in [3.63, 3.8) is 0 Å². The number of nitrogens with one attached hydrogen (secondary N) is 1. The molecule has 114 valence electrons. The maximum absolute atomic E-state index is 11.6. The zero-order chi connectivity index (χ0) is 15.1. The molecule has 2 rings (SSSR count). The number of carboxylic acid groups (broad SMARTS) is 1. The largest absolute Gasteiger partial charge is 0.481 e. The van der Waals surface area contributed by atoms with Crippen LogP contribution in [0.4, 0.5) is 0 Å². The Hall–Kier alpha value is -2.24. The summed E-state index contributed by atoms with van der Waals surface area (Å²) in [6.07, 6.45) is 2.51. The fraction of sp³-hybridized carbons (Fsp3) is 0.467. The summed E-state index contributed by atoms with van der Waals surface area (Å²) in [5.74, 6) is 0.633. The van der Waals surface area contributed by atoms with Crippen LogP contribution in [0.5, 0.6) is 11.5 Å². The first-order valence-electron chi connectivity index (χ1n) is 7.02. The minimum Gasteiger partial charge on any atom is -0.481 e. The molecule has 1 aliphatic heterocycles. The summed E-state index contributed by atoms with van der Waals surface area (Å²) in [5, 5.41) is 11.2. The van der Waals surface area contributed by atoms with Crippen LogP contribution < -0.4 is 14.8 Å². The second-order valence-electron chi connectivity index (χ2n) is 4.89. The first-order valence-corrected chi connectivity index (χ1v) is 7.02. The van der Waals surface area contributed by atoms with Crippen molar-refractivity contribution < 1.29 is 24.2 Å². The molecule has 1 heterocycles. The molecule has 0 saturated carbocycles. The quantitative estimate of drug-likeness (QED) is 0.713. The van der Waals surface area contributed by atoms with E-state index in [0.717, 1.165) is 29.9 Å². The Morgan fingerprint density at radius 3 is 2.76 bits per heavy atom. The molecule has 6 heteroatoms. The second-order valence-corrected chi connectivity index (χ2v) is 4.89. The molecule has 6 nitrogen and oxygen atoms in total. The third kappa shape index (κ3) is 4.98.